The Bertz CT molecular complexity index is 676. The molecular weight excluding hydrogens is 315 g/mol. The van der Waals surface area contributed by atoms with Crippen LogP contribution in [0.2, 0.25) is 0 Å². The fraction of sp³-hybridized carbons (Fsp3) is 0.0769. The summed E-state index contributed by atoms with van der Waals surface area (Å²) in [5, 5.41) is 9.53. The largest absolute Gasteiger partial charge is 0.504 e. The van der Waals surface area contributed by atoms with Crippen LogP contribution < -0.4 is 4.74 Å². The number of ether oxygens (including phenoxy) is 1. The maximum Gasteiger partial charge on any atom is 0.200 e. The van der Waals surface area contributed by atoms with Gasteiger partial charge in [-0.2, -0.15) is 0 Å². The average molecular weight is 322 g/mol. The molecule has 0 amide bonds. The first-order valence-corrected chi connectivity index (χ1v) is 6.24. The Labute approximate surface area is 120 Å². The zero-order valence-electron chi connectivity index (χ0n) is 10.4. The Morgan fingerprint density at radius 2 is 1.43 bits per heavy atom. The molecule has 0 saturated carbocycles. The van der Waals surface area contributed by atoms with Crippen molar-refractivity contribution < 1.29 is 31.8 Å². The van der Waals surface area contributed by atoms with Crippen LogP contribution in [0.3, 0.4) is 0 Å². The van der Waals surface area contributed by atoms with Crippen molar-refractivity contribution in [2.75, 3.05) is 7.11 Å². The Hall–Kier alpha value is -1.96. The third kappa shape index (κ3) is 2.76. The minimum absolute atomic E-state index is 0.0801. The lowest BCUT2D eigenvalue weighted by Crippen LogP contribution is -2.03. The van der Waals surface area contributed by atoms with Crippen LogP contribution in [0.15, 0.2) is 28.0 Å². The van der Waals surface area contributed by atoms with Gasteiger partial charge in [0.05, 0.1) is 12.0 Å². The SMILES string of the molecule is COc1ccc(Sc2c(F)c(F)c(F)c(F)c2F)cc1O. The summed E-state index contributed by atoms with van der Waals surface area (Å²) >= 11 is 0.299. The van der Waals surface area contributed by atoms with Crippen molar-refractivity contribution in [3.63, 3.8) is 0 Å². The molecule has 0 unspecified atom stereocenters. The van der Waals surface area contributed by atoms with Crippen molar-refractivity contribution >= 4 is 11.8 Å². The number of hydrogen-bond donors (Lipinski definition) is 1. The molecule has 0 spiro atoms. The first-order valence-electron chi connectivity index (χ1n) is 5.43. The maximum atomic E-state index is 13.5. The van der Waals surface area contributed by atoms with Gasteiger partial charge in [-0.25, -0.2) is 22.0 Å². The van der Waals surface area contributed by atoms with Gasteiger partial charge in [0.25, 0.3) is 0 Å². The summed E-state index contributed by atoms with van der Waals surface area (Å²) in [4.78, 5) is -0.965. The molecule has 0 atom stereocenters. The van der Waals surface area contributed by atoms with Crippen molar-refractivity contribution in [1.29, 1.82) is 0 Å². The van der Waals surface area contributed by atoms with Crippen LogP contribution in [-0.2, 0) is 0 Å². The van der Waals surface area contributed by atoms with Gasteiger partial charge in [-0.1, -0.05) is 11.8 Å². The van der Waals surface area contributed by atoms with Gasteiger partial charge in [0.1, 0.15) is 0 Å². The number of benzene rings is 2. The number of phenols is 1. The lowest BCUT2D eigenvalue weighted by Gasteiger charge is -2.09. The van der Waals surface area contributed by atoms with Crippen LogP contribution in [0, 0.1) is 29.1 Å². The Balaban J connectivity index is 2.47. The molecule has 0 heterocycles. The summed E-state index contributed by atoms with van der Waals surface area (Å²) in [6, 6.07) is 3.69. The van der Waals surface area contributed by atoms with E-state index in [1.165, 1.54) is 19.2 Å². The summed E-state index contributed by atoms with van der Waals surface area (Å²) in [5.41, 5.74) is 0. The minimum atomic E-state index is -2.22. The van der Waals surface area contributed by atoms with E-state index in [4.69, 9.17) is 4.74 Å². The number of aromatic hydroxyl groups is 1. The maximum absolute atomic E-state index is 13.5. The van der Waals surface area contributed by atoms with Gasteiger partial charge in [-0.15, -0.1) is 0 Å². The highest BCUT2D eigenvalue weighted by molar-refractivity contribution is 7.99. The summed E-state index contributed by atoms with van der Waals surface area (Å²) in [6.07, 6.45) is 0. The van der Waals surface area contributed by atoms with E-state index in [0.717, 1.165) is 6.07 Å². The van der Waals surface area contributed by atoms with Gasteiger partial charge >= 0.3 is 0 Å². The van der Waals surface area contributed by atoms with E-state index in [0.29, 0.717) is 11.8 Å². The first-order chi connectivity index (χ1) is 9.86. The molecule has 0 saturated heterocycles. The molecule has 2 aromatic rings. The zero-order valence-corrected chi connectivity index (χ0v) is 11.2. The lowest BCUT2D eigenvalue weighted by atomic mass is 10.3. The number of phenolic OH excluding ortho intramolecular Hbond substituents is 1. The second kappa shape index (κ2) is 5.80. The lowest BCUT2D eigenvalue weighted by molar-refractivity contribution is 0.361. The Kier molecular flexibility index (Phi) is 4.26. The smallest absolute Gasteiger partial charge is 0.200 e. The molecule has 0 aliphatic carbocycles. The van der Waals surface area contributed by atoms with E-state index in [1.807, 2.05) is 0 Å². The zero-order chi connectivity index (χ0) is 15.7. The number of halogens is 5. The van der Waals surface area contributed by atoms with Crippen LogP contribution >= 0.6 is 11.8 Å². The average Bonchev–Trinajstić information content (AvgIpc) is 2.48. The molecule has 0 bridgehead atoms. The molecule has 21 heavy (non-hydrogen) atoms. The number of hydrogen-bond acceptors (Lipinski definition) is 3. The normalized spacial score (nSPS) is 10.8. The number of methoxy groups -OCH3 is 1. The predicted octanol–water partition coefficient (Wildman–Crippen LogP) is 4.25. The van der Waals surface area contributed by atoms with Gasteiger partial charge in [0, 0.05) is 4.90 Å². The molecule has 1 N–H and O–H groups in total. The Morgan fingerprint density at radius 3 is 1.90 bits per heavy atom. The summed E-state index contributed by atoms with van der Waals surface area (Å²) in [6.45, 7) is 0. The predicted molar refractivity (Wildman–Crippen MR) is 65.0 cm³/mol. The van der Waals surface area contributed by atoms with Crippen LogP contribution in [0.4, 0.5) is 22.0 Å². The van der Waals surface area contributed by atoms with E-state index in [9.17, 15) is 27.1 Å². The van der Waals surface area contributed by atoms with Gasteiger partial charge in [-0.3, -0.25) is 0 Å². The highest BCUT2D eigenvalue weighted by Gasteiger charge is 2.26. The van der Waals surface area contributed by atoms with E-state index < -0.39 is 34.0 Å². The molecule has 0 aliphatic rings. The fourth-order valence-corrected chi connectivity index (χ4v) is 2.43. The van der Waals surface area contributed by atoms with Gasteiger partial charge in [0.2, 0.25) is 5.82 Å². The van der Waals surface area contributed by atoms with E-state index in [-0.39, 0.29) is 16.4 Å². The van der Waals surface area contributed by atoms with E-state index in [2.05, 4.69) is 0 Å². The topological polar surface area (TPSA) is 29.5 Å². The molecule has 2 aromatic carbocycles. The highest BCUT2D eigenvalue weighted by Crippen LogP contribution is 2.38. The minimum Gasteiger partial charge on any atom is -0.504 e. The molecule has 0 aromatic heterocycles. The summed E-state index contributed by atoms with van der Waals surface area (Å²) in [7, 11) is 1.30. The van der Waals surface area contributed by atoms with Crippen LogP contribution in [0.5, 0.6) is 11.5 Å². The van der Waals surface area contributed by atoms with E-state index >= 15 is 0 Å². The van der Waals surface area contributed by atoms with Crippen LogP contribution in [-0.4, -0.2) is 12.2 Å². The number of rotatable bonds is 3. The standard InChI is InChI=1S/C13H7F5O2S/c1-20-7-3-2-5(4-6(7)19)21-13-11(17)9(15)8(14)10(16)12(13)18/h2-4,19H,1H3. The summed E-state index contributed by atoms with van der Waals surface area (Å²) in [5.74, 6) is -10.3. The second-order valence-electron chi connectivity index (χ2n) is 3.83. The van der Waals surface area contributed by atoms with E-state index in [1.54, 1.807) is 0 Å². The van der Waals surface area contributed by atoms with Gasteiger partial charge in [0.15, 0.2) is 34.8 Å². The van der Waals surface area contributed by atoms with Crippen LogP contribution in [0.1, 0.15) is 0 Å². The highest BCUT2D eigenvalue weighted by atomic mass is 32.2. The van der Waals surface area contributed by atoms with Crippen molar-refractivity contribution in [2.24, 2.45) is 0 Å². The molecule has 2 nitrogen and oxygen atoms in total. The third-order valence-corrected chi connectivity index (χ3v) is 3.59. The first kappa shape index (κ1) is 15.4. The molecule has 0 radical (unpaired) electrons. The fourth-order valence-electron chi connectivity index (χ4n) is 1.53. The molecular formula is C13H7F5O2S. The van der Waals surface area contributed by atoms with Crippen molar-refractivity contribution in [3.05, 3.63) is 47.3 Å². The third-order valence-electron chi connectivity index (χ3n) is 2.54. The molecule has 2 rings (SSSR count). The van der Waals surface area contributed by atoms with Crippen molar-refractivity contribution in [3.8, 4) is 11.5 Å². The molecule has 0 fully saturated rings. The van der Waals surface area contributed by atoms with Crippen molar-refractivity contribution in [2.45, 2.75) is 9.79 Å². The van der Waals surface area contributed by atoms with Crippen molar-refractivity contribution in [1.82, 2.24) is 0 Å². The summed E-state index contributed by atoms with van der Waals surface area (Å²) < 4.78 is 70.8. The second-order valence-corrected chi connectivity index (χ2v) is 4.92. The quantitative estimate of drug-likeness (QED) is 0.520. The molecule has 0 aliphatic heterocycles. The van der Waals surface area contributed by atoms with Gasteiger partial charge < -0.3 is 9.84 Å². The Morgan fingerprint density at radius 1 is 0.905 bits per heavy atom. The monoisotopic (exact) mass is 322 g/mol. The molecule has 112 valence electrons. The molecule has 8 heteroatoms. The van der Waals surface area contributed by atoms with Gasteiger partial charge in [-0.05, 0) is 18.2 Å². The van der Waals surface area contributed by atoms with Crippen LogP contribution in [0.25, 0.3) is 0 Å².